The molecule has 1 rings (SSSR count). The molecule has 1 aromatic rings. The van der Waals surface area contributed by atoms with E-state index in [1.807, 2.05) is 6.92 Å². The van der Waals surface area contributed by atoms with E-state index in [2.05, 4.69) is 15.6 Å². The van der Waals surface area contributed by atoms with E-state index in [1.54, 1.807) is 6.20 Å². The van der Waals surface area contributed by atoms with E-state index in [-0.39, 0.29) is 6.54 Å². The van der Waals surface area contributed by atoms with E-state index in [0.717, 1.165) is 12.2 Å². The van der Waals surface area contributed by atoms with Crippen molar-refractivity contribution in [3.63, 3.8) is 0 Å². The lowest BCUT2D eigenvalue weighted by Gasteiger charge is -2.09. The third-order valence-electron chi connectivity index (χ3n) is 2.07. The summed E-state index contributed by atoms with van der Waals surface area (Å²) >= 11 is 0. The molecular formula is C10H15N3O4. The third-order valence-corrected chi connectivity index (χ3v) is 2.07. The van der Waals surface area contributed by atoms with Crippen molar-refractivity contribution in [1.29, 1.82) is 0 Å². The number of amides is 2. The lowest BCUT2D eigenvalue weighted by molar-refractivity contribution is -0.138. The zero-order valence-electron chi connectivity index (χ0n) is 9.69. The van der Waals surface area contributed by atoms with Crippen LogP contribution in [0.3, 0.4) is 0 Å². The van der Waals surface area contributed by atoms with Gasteiger partial charge in [0.05, 0.1) is 12.7 Å². The molecule has 0 fully saturated rings. The van der Waals surface area contributed by atoms with Gasteiger partial charge in [0.25, 0.3) is 0 Å². The van der Waals surface area contributed by atoms with Crippen LogP contribution in [0.5, 0.6) is 0 Å². The molecule has 1 aromatic heterocycles. The van der Waals surface area contributed by atoms with Gasteiger partial charge in [0, 0.05) is 6.42 Å². The van der Waals surface area contributed by atoms with Gasteiger partial charge >= 0.3 is 12.0 Å². The summed E-state index contributed by atoms with van der Waals surface area (Å²) in [5.41, 5.74) is 0. The van der Waals surface area contributed by atoms with Crippen LogP contribution < -0.4 is 10.6 Å². The maximum Gasteiger partial charge on any atom is 0.325 e. The molecule has 1 atom stereocenters. The molecular weight excluding hydrogens is 226 g/mol. The number of hydrogen-bond acceptors (Lipinski definition) is 4. The molecule has 0 aliphatic rings. The first-order valence-corrected chi connectivity index (χ1v) is 5.23. The normalized spacial score (nSPS) is 11.9. The quantitative estimate of drug-likeness (QED) is 0.696. The number of carbonyl (C=O) groups excluding carboxylic acids is 1. The number of oxazole rings is 1. The molecule has 0 aliphatic heterocycles. The highest BCUT2D eigenvalue weighted by atomic mass is 16.4. The molecule has 0 aromatic carbocycles. The minimum Gasteiger partial charge on any atom is -0.480 e. The predicted molar refractivity (Wildman–Crippen MR) is 58.4 cm³/mol. The van der Waals surface area contributed by atoms with E-state index < -0.39 is 18.0 Å². The number of aryl methyl sites for hydroxylation is 1. The van der Waals surface area contributed by atoms with Crippen LogP contribution in [0.25, 0.3) is 0 Å². The third kappa shape index (κ3) is 4.13. The lowest BCUT2D eigenvalue weighted by Crippen LogP contribution is -2.44. The smallest absolute Gasteiger partial charge is 0.325 e. The van der Waals surface area contributed by atoms with Gasteiger partial charge in [-0.2, -0.15) is 0 Å². The van der Waals surface area contributed by atoms with E-state index in [1.165, 1.54) is 6.92 Å². The highest BCUT2D eigenvalue weighted by Crippen LogP contribution is 2.03. The maximum absolute atomic E-state index is 11.3. The molecule has 0 saturated heterocycles. The molecule has 0 radical (unpaired) electrons. The molecule has 0 spiro atoms. The highest BCUT2D eigenvalue weighted by molar-refractivity contribution is 5.81. The number of carbonyl (C=O) groups is 2. The lowest BCUT2D eigenvalue weighted by atomic mass is 10.3. The minimum absolute atomic E-state index is 0.123. The molecule has 0 saturated carbocycles. The number of aromatic nitrogens is 1. The largest absolute Gasteiger partial charge is 0.480 e. The fourth-order valence-corrected chi connectivity index (χ4v) is 1.06. The number of nitrogens with one attached hydrogen (secondary N) is 2. The summed E-state index contributed by atoms with van der Waals surface area (Å²) < 4.78 is 5.27. The van der Waals surface area contributed by atoms with Gasteiger partial charge in [0.15, 0.2) is 0 Å². The summed E-state index contributed by atoms with van der Waals surface area (Å²) in [7, 11) is 0. The predicted octanol–water partition coefficient (Wildman–Crippen LogP) is 0.509. The van der Waals surface area contributed by atoms with Crippen molar-refractivity contribution in [3.05, 3.63) is 17.8 Å². The first-order valence-electron chi connectivity index (χ1n) is 5.23. The molecule has 2 amide bonds. The monoisotopic (exact) mass is 241 g/mol. The molecule has 3 N–H and O–H groups in total. The number of hydrogen-bond donors (Lipinski definition) is 3. The summed E-state index contributed by atoms with van der Waals surface area (Å²) in [5.74, 6) is 0.0330. The number of aliphatic carboxylic acids is 1. The number of carboxylic acids is 1. The second-order valence-corrected chi connectivity index (χ2v) is 3.46. The van der Waals surface area contributed by atoms with Crippen LogP contribution in [0.15, 0.2) is 10.6 Å². The van der Waals surface area contributed by atoms with Crippen LogP contribution >= 0.6 is 0 Å². The van der Waals surface area contributed by atoms with Crippen molar-refractivity contribution < 1.29 is 19.1 Å². The van der Waals surface area contributed by atoms with Gasteiger partial charge < -0.3 is 20.2 Å². The van der Waals surface area contributed by atoms with Crippen molar-refractivity contribution >= 4 is 12.0 Å². The van der Waals surface area contributed by atoms with Gasteiger partial charge in [-0.15, -0.1) is 0 Å². The van der Waals surface area contributed by atoms with Crippen molar-refractivity contribution in [2.75, 3.05) is 0 Å². The minimum atomic E-state index is -1.09. The number of rotatable bonds is 5. The number of urea groups is 1. The summed E-state index contributed by atoms with van der Waals surface area (Å²) in [6.07, 6.45) is 2.32. The second kappa shape index (κ2) is 5.88. The molecule has 0 bridgehead atoms. The highest BCUT2D eigenvalue weighted by Gasteiger charge is 2.13. The SMILES string of the molecule is CCc1cnc(CNC(=O)NC(C)C(=O)O)o1. The Morgan fingerprint density at radius 3 is 2.82 bits per heavy atom. The summed E-state index contributed by atoms with van der Waals surface area (Å²) in [4.78, 5) is 25.7. The van der Waals surface area contributed by atoms with Gasteiger partial charge in [-0.1, -0.05) is 6.92 Å². The fourth-order valence-electron chi connectivity index (χ4n) is 1.06. The molecule has 94 valence electrons. The van der Waals surface area contributed by atoms with E-state index in [9.17, 15) is 9.59 Å². The van der Waals surface area contributed by atoms with Crippen LogP contribution in [0, 0.1) is 0 Å². The summed E-state index contributed by atoms with van der Waals surface area (Å²) in [6, 6.07) is -1.51. The topological polar surface area (TPSA) is 104 Å². The number of nitrogens with zero attached hydrogens (tertiary/aromatic N) is 1. The van der Waals surface area contributed by atoms with Crippen LogP contribution in [0.2, 0.25) is 0 Å². The first-order chi connectivity index (χ1) is 8.02. The van der Waals surface area contributed by atoms with E-state index in [4.69, 9.17) is 9.52 Å². The Morgan fingerprint density at radius 2 is 2.29 bits per heavy atom. The van der Waals surface area contributed by atoms with Crippen LogP contribution in [-0.2, 0) is 17.8 Å². The van der Waals surface area contributed by atoms with Crippen molar-refractivity contribution in [2.45, 2.75) is 32.9 Å². The Labute approximate surface area is 98.2 Å². The summed E-state index contributed by atoms with van der Waals surface area (Å²) in [6.45, 7) is 3.43. The Morgan fingerprint density at radius 1 is 1.59 bits per heavy atom. The Kier molecular flexibility index (Phi) is 4.50. The average Bonchev–Trinajstić information content (AvgIpc) is 2.74. The van der Waals surface area contributed by atoms with Gasteiger partial charge in [-0.25, -0.2) is 9.78 Å². The van der Waals surface area contributed by atoms with Crippen LogP contribution in [0.1, 0.15) is 25.5 Å². The van der Waals surface area contributed by atoms with Crippen molar-refractivity contribution in [2.24, 2.45) is 0 Å². The fraction of sp³-hybridized carbons (Fsp3) is 0.500. The number of carboxylic acid groups (broad SMARTS) is 1. The molecule has 0 aliphatic carbocycles. The van der Waals surface area contributed by atoms with Crippen LogP contribution in [-0.4, -0.2) is 28.1 Å². The van der Waals surface area contributed by atoms with Crippen molar-refractivity contribution in [3.8, 4) is 0 Å². The maximum atomic E-state index is 11.3. The standard InChI is InChI=1S/C10H15N3O4/c1-3-7-4-11-8(17-7)5-12-10(16)13-6(2)9(14)15/h4,6H,3,5H2,1-2H3,(H,14,15)(H2,12,13,16). The van der Waals surface area contributed by atoms with E-state index >= 15 is 0 Å². The van der Waals surface area contributed by atoms with Crippen molar-refractivity contribution in [1.82, 2.24) is 15.6 Å². The molecule has 7 nitrogen and oxygen atoms in total. The zero-order chi connectivity index (χ0) is 12.8. The molecule has 7 heteroatoms. The van der Waals surface area contributed by atoms with Gasteiger partial charge in [-0.05, 0) is 6.92 Å². The summed E-state index contributed by atoms with van der Waals surface area (Å²) in [5, 5.41) is 13.3. The Balaban J connectivity index is 2.35. The van der Waals surface area contributed by atoms with Crippen LogP contribution in [0.4, 0.5) is 4.79 Å². The van der Waals surface area contributed by atoms with Gasteiger partial charge in [0.2, 0.25) is 5.89 Å². The van der Waals surface area contributed by atoms with E-state index in [0.29, 0.717) is 5.89 Å². The van der Waals surface area contributed by atoms with Gasteiger partial charge in [0.1, 0.15) is 11.8 Å². The average molecular weight is 241 g/mol. The second-order valence-electron chi connectivity index (χ2n) is 3.46. The first kappa shape index (κ1) is 13.0. The molecule has 1 unspecified atom stereocenters. The zero-order valence-corrected chi connectivity index (χ0v) is 9.69. The molecule has 1 heterocycles. The van der Waals surface area contributed by atoms with Gasteiger partial charge in [-0.3, -0.25) is 4.79 Å². The Bertz CT molecular complexity index is 402. The Hall–Kier alpha value is -2.05. The molecule has 17 heavy (non-hydrogen) atoms.